The smallest absolute Gasteiger partial charge is 0.227 e. The Balaban J connectivity index is 1.76. The summed E-state index contributed by atoms with van der Waals surface area (Å²) in [6.45, 7) is 2.19. The molecule has 1 aliphatic rings. The van der Waals surface area contributed by atoms with Gasteiger partial charge in [-0.15, -0.1) is 0 Å². The Morgan fingerprint density at radius 3 is 2.88 bits per heavy atom. The number of benzene rings is 2. The second-order valence-corrected chi connectivity index (χ2v) is 6.82. The molecule has 6 nitrogen and oxygen atoms in total. The van der Waals surface area contributed by atoms with Gasteiger partial charge in [0.1, 0.15) is 5.52 Å². The maximum absolute atomic E-state index is 12.3. The number of anilines is 1. The summed E-state index contributed by atoms with van der Waals surface area (Å²) in [7, 11) is 0. The minimum Gasteiger partial charge on any atom is -0.436 e. The van der Waals surface area contributed by atoms with Crippen molar-refractivity contribution < 1.29 is 14.0 Å². The number of nitrogens with zero attached hydrogens (tertiary/aromatic N) is 2. The Labute approximate surface area is 154 Å². The molecule has 1 aromatic heterocycles. The Morgan fingerprint density at radius 1 is 1.35 bits per heavy atom. The molecule has 2 N–H and O–H groups in total. The summed E-state index contributed by atoms with van der Waals surface area (Å²) in [5, 5.41) is 0.586. The zero-order valence-electron chi connectivity index (χ0n) is 14.0. The molecule has 2 heterocycles. The van der Waals surface area contributed by atoms with Gasteiger partial charge in [0.15, 0.2) is 5.58 Å². The molecule has 1 atom stereocenters. The van der Waals surface area contributed by atoms with Crippen LogP contribution in [0, 0.1) is 12.8 Å². The van der Waals surface area contributed by atoms with Crippen LogP contribution in [0.5, 0.6) is 0 Å². The molecule has 1 fully saturated rings. The van der Waals surface area contributed by atoms with Crippen LogP contribution < -0.4 is 10.6 Å². The second-order valence-electron chi connectivity index (χ2n) is 6.39. The van der Waals surface area contributed by atoms with Gasteiger partial charge in [0.05, 0.1) is 5.92 Å². The lowest BCUT2D eigenvalue weighted by atomic mass is 10.1. The van der Waals surface area contributed by atoms with Crippen molar-refractivity contribution in [2.75, 3.05) is 11.4 Å². The van der Waals surface area contributed by atoms with Gasteiger partial charge in [0.25, 0.3) is 0 Å². The maximum atomic E-state index is 12.3. The standard InChI is InChI=1S/C19H16ClN3O3/c1-10-13(19-22-14-8-12(20)5-6-16(14)26-19)3-2-4-15(10)23-9-11(18(21)25)7-17(23)24/h2-6,8,11H,7,9H2,1H3,(H2,21,25)/t11-/m1/s1. The van der Waals surface area contributed by atoms with Gasteiger partial charge in [-0.2, -0.15) is 0 Å². The molecule has 26 heavy (non-hydrogen) atoms. The Bertz CT molecular complexity index is 1040. The molecule has 1 saturated heterocycles. The van der Waals surface area contributed by atoms with Gasteiger partial charge < -0.3 is 15.1 Å². The second kappa shape index (κ2) is 6.14. The van der Waals surface area contributed by atoms with Crippen molar-refractivity contribution >= 4 is 40.2 Å². The Kier molecular flexibility index (Phi) is 3.92. The third-order valence-corrected chi connectivity index (χ3v) is 4.94. The van der Waals surface area contributed by atoms with Crippen molar-refractivity contribution in [2.24, 2.45) is 11.7 Å². The van der Waals surface area contributed by atoms with E-state index in [1.54, 1.807) is 23.1 Å². The van der Waals surface area contributed by atoms with Gasteiger partial charge in [-0.1, -0.05) is 17.7 Å². The van der Waals surface area contributed by atoms with Gasteiger partial charge in [-0.3, -0.25) is 9.59 Å². The van der Waals surface area contributed by atoms with Crippen molar-refractivity contribution in [3.63, 3.8) is 0 Å². The average Bonchev–Trinajstić information content (AvgIpc) is 3.18. The van der Waals surface area contributed by atoms with Crippen LogP contribution in [0.1, 0.15) is 12.0 Å². The van der Waals surface area contributed by atoms with Crippen LogP contribution in [-0.2, 0) is 9.59 Å². The fourth-order valence-corrected chi connectivity index (χ4v) is 3.46. The summed E-state index contributed by atoms with van der Waals surface area (Å²) in [4.78, 5) is 29.9. The minimum atomic E-state index is -0.461. The van der Waals surface area contributed by atoms with Crippen molar-refractivity contribution in [1.29, 1.82) is 0 Å². The van der Waals surface area contributed by atoms with Crippen LogP contribution in [-0.4, -0.2) is 23.3 Å². The Morgan fingerprint density at radius 2 is 2.15 bits per heavy atom. The number of oxazole rings is 1. The summed E-state index contributed by atoms with van der Waals surface area (Å²) in [5.74, 6) is -0.569. The summed E-state index contributed by atoms with van der Waals surface area (Å²) in [6.07, 6.45) is 0.139. The zero-order chi connectivity index (χ0) is 18.4. The maximum Gasteiger partial charge on any atom is 0.227 e. The van der Waals surface area contributed by atoms with Gasteiger partial charge in [-0.25, -0.2) is 4.98 Å². The van der Waals surface area contributed by atoms with Crippen LogP contribution in [0.4, 0.5) is 5.69 Å². The lowest BCUT2D eigenvalue weighted by Crippen LogP contribution is -2.28. The van der Waals surface area contributed by atoms with Gasteiger partial charge in [-0.05, 0) is 42.8 Å². The number of hydrogen-bond donors (Lipinski definition) is 1. The molecule has 1 aliphatic heterocycles. The van der Waals surface area contributed by atoms with E-state index in [1.165, 1.54) is 0 Å². The number of nitrogens with two attached hydrogens (primary N) is 1. The zero-order valence-corrected chi connectivity index (χ0v) is 14.8. The Hall–Kier alpha value is -2.86. The molecule has 0 radical (unpaired) electrons. The number of amides is 2. The third kappa shape index (κ3) is 2.72. The molecule has 2 amide bonds. The number of hydrogen-bond acceptors (Lipinski definition) is 4. The molecule has 3 aromatic rings. The van der Waals surface area contributed by atoms with E-state index in [0.29, 0.717) is 28.6 Å². The molecule has 4 rings (SSSR count). The molecular weight excluding hydrogens is 354 g/mol. The highest BCUT2D eigenvalue weighted by Gasteiger charge is 2.34. The first-order valence-corrected chi connectivity index (χ1v) is 8.57. The van der Waals surface area contributed by atoms with Crippen LogP contribution in [0.25, 0.3) is 22.6 Å². The molecule has 0 unspecified atom stereocenters. The van der Waals surface area contributed by atoms with Crippen molar-refractivity contribution in [3.05, 3.63) is 47.0 Å². The fraction of sp³-hybridized carbons (Fsp3) is 0.211. The number of halogens is 1. The number of primary amides is 1. The number of carbonyl (C=O) groups excluding carboxylic acids is 2. The quantitative estimate of drug-likeness (QED) is 0.767. The highest BCUT2D eigenvalue weighted by atomic mass is 35.5. The summed E-state index contributed by atoms with van der Waals surface area (Å²) in [6, 6.07) is 10.8. The molecule has 0 saturated carbocycles. The summed E-state index contributed by atoms with van der Waals surface area (Å²) in [5.41, 5.74) is 9.04. The highest BCUT2D eigenvalue weighted by Crippen LogP contribution is 2.35. The van der Waals surface area contributed by atoms with E-state index in [-0.39, 0.29) is 12.3 Å². The monoisotopic (exact) mass is 369 g/mol. The van der Waals surface area contributed by atoms with E-state index in [2.05, 4.69) is 4.98 Å². The van der Waals surface area contributed by atoms with Crippen LogP contribution >= 0.6 is 11.6 Å². The molecular formula is C19H16ClN3O3. The van der Waals surface area contributed by atoms with Crippen molar-refractivity contribution in [1.82, 2.24) is 4.98 Å². The predicted molar refractivity (Wildman–Crippen MR) is 98.8 cm³/mol. The normalized spacial score (nSPS) is 17.2. The van der Waals surface area contributed by atoms with E-state index in [4.69, 9.17) is 21.8 Å². The largest absolute Gasteiger partial charge is 0.436 e. The van der Waals surface area contributed by atoms with Gasteiger partial charge in [0, 0.05) is 29.2 Å². The van der Waals surface area contributed by atoms with Crippen LogP contribution in [0.2, 0.25) is 5.02 Å². The van der Waals surface area contributed by atoms with Crippen LogP contribution in [0.3, 0.4) is 0 Å². The average molecular weight is 370 g/mol. The third-order valence-electron chi connectivity index (χ3n) is 4.70. The van der Waals surface area contributed by atoms with Gasteiger partial charge in [0.2, 0.25) is 17.7 Å². The molecule has 132 valence electrons. The summed E-state index contributed by atoms with van der Waals surface area (Å²) < 4.78 is 5.85. The SMILES string of the molecule is Cc1c(-c2nc3cc(Cl)ccc3o2)cccc1N1C[C@H](C(N)=O)CC1=O. The number of aromatic nitrogens is 1. The minimum absolute atomic E-state index is 0.113. The summed E-state index contributed by atoms with van der Waals surface area (Å²) >= 11 is 6.01. The van der Waals surface area contributed by atoms with E-state index < -0.39 is 11.8 Å². The van der Waals surface area contributed by atoms with Crippen molar-refractivity contribution in [3.8, 4) is 11.5 Å². The molecule has 0 bridgehead atoms. The van der Waals surface area contributed by atoms with E-state index >= 15 is 0 Å². The number of carbonyl (C=O) groups is 2. The lowest BCUT2D eigenvalue weighted by Gasteiger charge is -2.20. The lowest BCUT2D eigenvalue weighted by molar-refractivity contribution is -0.123. The first-order valence-electron chi connectivity index (χ1n) is 8.20. The predicted octanol–water partition coefficient (Wildman–Crippen LogP) is 3.29. The number of fused-ring (bicyclic) bond motifs is 1. The molecule has 0 aliphatic carbocycles. The highest BCUT2D eigenvalue weighted by molar-refractivity contribution is 6.31. The topological polar surface area (TPSA) is 89.4 Å². The van der Waals surface area contributed by atoms with Crippen LogP contribution in [0.15, 0.2) is 40.8 Å². The van der Waals surface area contributed by atoms with E-state index in [1.807, 2.05) is 25.1 Å². The van der Waals surface area contributed by atoms with E-state index in [9.17, 15) is 9.59 Å². The first kappa shape index (κ1) is 16.6. The van der Waals surface area contributed by atoms with Crippen molar-refractivity contribution in [2.45, 2.75) is 13.3 Å². The fourth-order valence-electron chi connectivity index (χ4n) is 3.29. The van der Waals surface area contributed by atoms with Gasteiger partial charge >= 0.3 is 0 Å². The number of rotatable bonds is 3. The first-order chi connectivity index (χ1) is 12.4. The molecule has 2 aromatic carbocycles. The molecule has 0 spiro atoms. The van der Waals surface area contributed by atoms with E-state index in [0.717, 1.165) is 16.8 Å². The molecule has 7 heteroatoms.